The van der Waals surface area contributed by atoms with E-state index in [-0.39, 0.29) is 29.5 Å². The Morgan fingerprint density at radius 2 is 1.67 bits per heavy atom. The number of amides is 2. The summed E-state index contributed by atoms with van der Waals surface area (Å²) in [7, 11) is 0. The van der Waals surface area contributed by atoms with Crippen LogP contribution in [0.4, 0.5) is 24.7 Å². The van der Waals surface area contributed by atoms with Crippen molar-refractivity contribution >= 4 is 34.2 Å². The van der Waals surface area contributed by atoms with Gasteiger partial charge >= 0.3 is 6.18 Å². The maximum atomic E-state index is 14.1. The van der Waals surface area contributed by atoms with Crippen LogP contribution in [0.25, 0.3) is 22.0 Å². The number of aromatic amines is 1. The fourth-order valence-corrected chi connectivity index (χ4v) is 5.46. The molecule has 0 unspecified atom stereocenters. The monoisotopic (exact) mass is 590 g/mol. The Labute approximate surface area is 247 Å². The van der Waals surface area contributed by atoms with E-state index in [1.54, 1.807) is 18.2 Å². The predicted octanol–water partition coefficient (Wildman–Crippen LogP) is 5.99. The van der Waals surface area contributed by atoms with Crippen molar-refractivity contribution in [2.75, 3.05) is 43.4 Å². The Morgan fingerprint density at radius 3 is 2.40 bits per heavy atom. The topological polar surface area (TPSA) is 93.4 Å². The van der Waals surface area contributed by atoms with Gasteiger partial charge in [-0.1, -0.05) is 31.2 Å². The van der Waals surface area contributed by atoms with E-state index in [1.165, 1.54) is 12.1 Å². The number of rotatable bonds is 8. The zero-order chi connectivity index (χ0) is 30.1. The zero-order valence-corrected chi connectivity index (χ0v) is 23.8. The number of likely N-dealkylation sites (N-methyl/N-ethyl adjacent to an activating group) is 1. The number of piperazine rings is 1. The lowest BCUT2D eigenvalue weighted by molar-refractivity contribution is -0.138. The van der Waals surface area contributed by atoms with Crippen molar-refractivity contribution in [2.45, 2.75) is 32.5 Å². The molecule has 43 heavy (non-hydrogen) atoms. The summed E-state index contributed by atoms with van der Waals surface area (Å²) in [6.45, 7) is 6.25. The molecule has 0 atom stereocenters. The molecule has 2 aliphatic rings. The predicted molar refractivity (Wildman–Crippen MR) is 160 cm³/mol. The van der Waals surface area contributed by atoms with Gasteiger partial charge in [-0.2, -0.15) is 18.3 Å². The number of nitrogens with zero attached hydrogens (tertiary/aromatic N) is 3. The highest BCUT2D eigenvalue weighted by Gasteiger charge is 2.35. The number of fused-ring (bicyclic) bond motifs is 1. The Morgan fingerprint density at radius 1 is 0.930 bits per heavy atom. The third-order valence-electron chi connectivity index (χ3n) is 8.19. The minimum atomic E-state index is -4.58. The molecule has 6 rings (SSSR count). The molecule has 2 heterocycles. The molecule has 11 heteroatoms. The van der Waals surface area contributed by atoms with Crippen molar-refractivity contribution in [3.63, 3.8) is 0 Å². The molecule has 1 aliphatic carbocycles. The molecule has 1 aliphatic heterocycles. The second kappa shape index (κ2) is 11.8. The lowest BCUT2D eigenvalue weighted by Crippen LogP contribution is -2.45. The van der Waals surface area contributed by atoms with Crippen molar-refractivity contribution in [1.29, 1.82) is 0 Å². The maximum Gasteiger partial charge on any atom is 0.416 e. The summed E-state index contributed by atoms with van der Waals surface area (Å²) in [5.41, 5.74) is 2.16. The van der Waals surface area contributed by atoms with Crippen LogP contribution in [-0.4, -0.2) is 64.5 Å². The summed E-state index contributed by atoms with van der Waals surface area (Å²) in [6.07, 6.45) is -2.78. The van der Waals surface area contributed by atoms with Crippen LogP contribution in [-0.2, 0) is 17.5 Å². The third-order valence-corrected chi connectivity index (χ3v) is 8.19. The molecule has 8 nitrogen and oxygen atoms in total. The van der Waals surface area contributed by atoms with E-state index in [1.807, 2.05) is 29.2 Å². The van der Waals surface area contributed by atoms with Crippen molar-refractivity contribution in [3.8, 4) is 11.1 Å². The standard InChI is InChI=1S/C32H33F3N6O2/c1-2-40-12-14-41(15-13-40)19-24-9-8-23(17-27(24)32(33,34)35)31(43)36-25-5-3-4-21(16-25)22-10-11-26-28(18-22)38-39-29(26)37-30(42)20-6-7-20/h3-5,8-11,16-18,20H,2,6-7,12-15,19H2,1H3,(H,36,43)(H2,37,38,39,42). The fraction of sp³-hybridized carbons (Fsp3) is 0.344. The van der Waals surface area contributed by atoms with Gasteiger partial charge in [0.2, 0.25) is 5.91 Å². The average molecular weight is 591 g/mol. The van der Waals surface area contributed by atoms with Crippen LogP contribution in [0.2, 0.25) is 0 Å². The number of hydrogen-bond acceptors (Lipinski definition) is 5. The van der Waals surface area contributed by atoms with E-state index in [0.717, 1.165) is 60.6 Å². The summed E-state index contributed by atoms with van der Waals surface area (Å²) in [4.78, 5) is 29.5. The van der Waals surface area contributed by atoms with E-state index in [4.69, 9.17) is 0 Å². The molecule has 1 saturated carbocycles. The molecule has 1 saturated heterocycles. The van der Waals surface area contributed by atoms with E-state index in [0.29, 0.717) is 24.6 Å². The first-order chi connectivity index (χ1) is 20.7. The first-order valence-electron chi connectivity index (χ1n) is 14.5. The van der Waals surface area contributed by atoms with Gasteiger partial charge in [-0.05, 0) is 72.5 Å². The van der Waals surface area contributed by atoms with Gasteiger partial charge in [0, 0.05) is 55.3 Å². The number of H-pyrrole nitrogens is 1. The van der Waals surface area contributed by atoms with Gasteiger partial charge < -0.3 is 15.5 Å². The Bertz CT molecular complexity index is 1650. The molecule has 3 N–H and O–H groups in total. The van der Waals surface area contributed by atoms with Gasteiger partial charge in [0.25, 0.3) is 5.91 Å². The van der Waals surface area contributed by atoms with Gasteiger partial charge in [0.15, 0.2) is 5.82 Å². The molecule has 0 radical (unpaired) electrons. The van der Waals surface area contributed by atoms with Gasteiger partial charge in [-0.25, -0.2) is 0 Å². The average Bonchev–Trinajstić information content (AvgIpc) is 3.79. The summed E-state index contributed by atoms with van der Waals surface area (Å²) in [6, 6.07) is 16.6. The quantitative estimate of drug-likeness (QED) is 0.235. The Kier molecular flexibility index (Phi) is 7.93. The molecule has 4 aromatic rings. The summed E-state index contributed by atoms with van der Waals surface area (Å²) >= 11 is 0. The maximum absolute atomic E-state index is 14.1. The fourth-order valence-electron chi connectivity index (χ4n) is 5.46. The van der Waals surface area contributed by atoms with Gasteiger partial charge in [-0.15, -0.1) is 0 Å². The molecule has 2 amide bonds. The molecule has 3 aromatic carbocycles. The van der Waals surface area contributed by atoms with Crippen LogP contribution < -0.4 is 10.6 Å². The highest BCUT2D eigenvalue weighted by Crippen LogP contribution is 2.35. The van der Waals surface area contributed by atoms with Crippen LogP contribution in [0.3, 0.4) is 0 Å². The summed E-state index contributed by atoms with van der Waals surface area (Å²) in [5.74, 6) is -0.0919. The smallest absolute Gasteiger partial charge is 0.322 e. The van der Waals surface area contributed by atoms with Crippen LogP contribution in [0.1, 0.15) is 41.3 Å². The molecule has 1 aromatic heterocycles. The molecule has 0 bridgehead atoms. The first-order valence-corrected chi connectivity index (χ1v) is 14.5. The van der Waals surface area contributed by atoms with Gasteiger partial charge in [-0.3, -0.25) is 19.6 Å². The largest absolute Gasteiger partial charge is 0.416 e. The van der Waals surface area contributed by atoms with Crippen molar-refractivity contribution in [3.05, 3.63) is 77.4 Å². The molecular weight excluding hydrogens is 557 g/mol. The highest BCUT2D eigenvalue weighted by molar-refractivity contribution is 6.05. The number of anilines is 2. The van der Waals surface area contributed by atoms with Crippen molar-refractivity contribution in [2.24, 2.45) is 5.92 Å². The Hall–Kier alpha value is -4.22. The molecular formula is C32H33F3N6O2. The SMILES string of the molecule is CCN1CCN(Cc2ccc(C(=O)Nc3cccc(-c4ccc5c(NC(=O)C6CC6)n[nH]c5c4)c3)cc2C(F)(F)F)CC1. The van der Waals surface area contributed by atoms with Crippen molar-refractivity contribution < 1.29 is 22.8 Å². The minimum Gasteiger partial charge on any atom is -0.322 e. The van der Waals surface area contributed by atoms with E-state index < -0.39 is 17.6 Å². The second-order valence-corrected chi connectivity index (χ2v) is 11.2. The Balaban J connectivity index is 1.17. The minimum absolute atomic E-state index is 0.0246. The van der Waals surface area contributed by atoms with Crippen LogP contribution in [0, 0.1) is 5.92 Å². The molecule has 0 spiro atoms. The lowest BCUT2D eigenvalue weighted by Gasteiger charge is -2.34. The van der Waals surface area contributed by atoms with Crippen molar-refractivity contribution in [1.82, 2.24) is 20.0 Å². The number of benzene rings is 3. The zero-order valence-electron chi connectivity index (χ0n) is 23.8. The number of carbonyl (C=O) groups is 2. The summed E-state index contributed by atoms with van der Waals surface area (Å²) in [5, 5.41) is 13.6. The van der Waals surface area contributed by atoms with Crippen LogP contribution in [0.5, 0.6) is 0 Å². The molecule has 224 valence electrons. The number of aromatic nitrogens is 2. The second-order valence-electron chi connectivity index (χ2n) is 11.2. The van der Waals surface area contributed by atoms with E-state index in [9.17, 15) is 22.8 Å². The number of halogens is 3. The van der Waals surface area contributed by atoms with Gasteiger partial charge in [0.05, 0.1) is 11.1 Å². The lowest BCUT2D eigenvalue weighted by atomic mass is 10.0. The number of alkyl halides is 3. The first kappa shape index (κ1) is 28.9. The van der Waals surface area contributed by atoms with Crippen LogP contribution >= 0.6 is 0 Å². The molecule has 2 fully saturated rings. The van der Waals surface area contributed by atoms with Crippen LogP contribution in [0.15, 0.2) is 60.7 Å². The highest BCUT2D eigenvalue weighted by atomic mass is 19.4. The normalized spacial score (nSPS) is 16.4. The van der Waals surface area contributed by atoms with E-state index >= 15 is 0 Å². The van der Waals surface area contributed by atoms with E-state index in [2.05, 4.69) is 32.7 Å². The summed E-state index contributed by atoms with van der Waals surface area (Å²) < 4.78 is 42.2. The number of carbonyl (C=O) groups excluding carboxylic acids is 2. The third kappa shape index (κ3) is 6.57. The number of nitrogens with one attached hydrogen (secondary N) is 3. The number of hydrogen-bond donors (Lipinski definition) is 3. The van der Waals surface area contributed by atoms with Gasteiger partial charge in [0.1, 0.15) is 0 Å².